The number of hydrogen-bond acceptors (Lipinski definition) is 4. The number of nitrogens with zero attached hydrogens (tertiary/aromatic N) is 2. The second-order valence-electron chi connectivity index (χ2n) is 18.3. The highest BCUT2D eigenvalue weighted by atomic mass is 31.1. The molecule has 12 rings (SSSR count). The second kappa shape index (κ2) is 19.7. The number of carbonyl (C=O) groups excluding carboxylic acids is 1. The number of methoxy groups -OCH3 is 1. The lowest BCUT2D eigenvalue weighted by Gasteiger charge is -2.51. The highest BCUT2D eigenvalue weighted by molar-refractivity contribution is 7.80. The van der Waals surface area contributed by atoms with Crippen LogP contribution in [-0.4, -0.2) is 42.0 Å². The average Bonchev–Trinajstić information content (AvgIpc) is 3.43. The number of piperidine rings is 3. The minimum Gasteiger partial charge on any atom is -0.497 e. The van der Waals surface area contributed by atoms with Gasteiger partial charge in [0.15, 0.2) is 0 Å². The number of aromatic nitrogens is 1. The summed E-state index contributed by atoms with van der Waals surface area (Å²) in [6.07, 6.45) is 6.12. The van der Waals surface area contributed by atoms with Gasteiger partial charge in [0, 0.05) is 29.7 Å². The summed E-state index contributed by atoms with van der Waals surface area (Å²) in [7, 11) is 0.322. The van der Waals surface area contributed by atoms with Gasteiger partial charge in [-0.15, -0.1) is 6.58 Å². The number of ether oxygens (including phenoxy) is 1. The van der Waals surface area contributed by atoms with Crippen LogP contribution in [0.4, 0.5) is 0 Å². The molecule has 0 aliphatic carbocycles. The molecule has 69 heavy (non-hydrogen) atoms. The van der Waals surface area contributed by atoms with Crippen LogP contribution in [0.2, 0.25) is 0 Å². The van der Waals surface area contributed by atoms with E-state index in [0.29, 0.717) is 17.4 Å². The third kappa shape index (κ3) is 9.04. The summed E-state index contributed by atoms with van der Waals surface area (Å²) in [5.41, 5.74) is 11.7. The van der Waals surface area contributed by atoms with Gasteiger partial charge in [-0.1, -0.05) is 146 Å². The predicted octanol–water partition coefficient (Wildman–Crippen LogP) is 13.0. The van der Waals surface area contributed by atoms with Crippen molar-refractivity contribution in [2.24, 2.45) is 11.8 Å². The van der Waals surface area contributed by atoms with Crippen molar-refractivity contribution in [3.05, 3.63) is 236 Å². The van der Waals surface area contributed by atoms with E-state index in [-0.39, 0.29) is 18.0 Å². The zero-order valence-corrected chi connectivity index (χ0v) is 39.7. The normalized spacial score (nSPS) is 17.9. The molecule has 3 aliphatic heterocycles. The number of pyridine rings is 1. The number of fused-ring (bicyclic) bond motifs is 4. The molecular formula is C63H54N3O2P. The van der Waals surface area contributed by atoms with E-state index >= 15 is 4.79 Å². The minimum absolute atomic E-state index is 0.0846. The lowest BCUT2D eigenvalue weighted by molar-refractivity contribution is 0.00171. The largest absolute Gasteiger partial charge is 0.497 e. The van der Waals surface area contributed by atoms with Gasteiger partial charge < -0.3 is 10.1 Å². The van der Waals surface area contributed by atoms with E-state index in [4.69, 9.17) is 9.72 Å². The fourth-order valence-electron chi connectivity index (χ4n) is 10.8. The van der Waals surface area contributed by atoms with Crippen molar-refractivity contribution in [2.45, 2.75) is 24.9 Å². The fraction of sp³-hybridized carbons (Fsp3) is 0.143. The van der Waals surface area contributed by atoms with E-state index in [1.165, 1.54) is 0 Å². The maximum atomic E-state index is 15.8. The number of amides is 1. The molecule has 3 aliphatic rings. The average molecular weight is 916 g/mol. The van der Waals surface area contributed by atoms with E-state index in [0.717, 1.165) is 109 Å². The predicted molar refractivity (Wildman–Crippen MR) is 287 cm³/mol. The molecule has 1 N–H and O–H groups in total. The summed E-state index contributed by atoms with van der Waals surface area (Å²) >= 11 is 0. The SMILES string of the molecule is C=CC1CN2CCC1CC2[C@@H](NC(=O)c1ccccc1P(c1cc(-c2ccccc2)cc(-c2ccccc2)c1)c1cc(-c2ccccc2)cc(-c2ccccc2)c1)c1ccnc2ccc(OC)cc12. The first kappa shape index (κ1) is 44.1. The standard InChI is InChI=1S/C63H54N3O2P/c1-3-43-42-66-33-31-48(43)40-60(66)62(56-30-32-64-59-29-28-53(68-2)41-58(56)59)65-63(67)57-26-16-17-27-61(57)69(54-36-49(44-18-8-4-9-19-44)34-50(37-54)45-20-10-5-11-21-45)55-38-51(46-22-12-6-13-23-46)35-52(39-55)47-24-14-7-15-25-47/h3-30,32,34-39,41,43,48,60,62H,1,31,33,40,42H2,2H3,(H,65,67)/t43?,48?,60?,62-/m0/s1. The lowest BCUT2D eigenvalue weighted by Crippen LogP contribution is -2.57. The van der Waals surface area contributed by atoms with Crippen LogP contribution in [-0.2, 0) is 0 Å². The van der Waals surface area contributed by atoms with Crippen molar-refractivity contribution in [3.63, 3.8) is 0 Å². The summed E-state index contributed by atoms with van der Waals surface area (Å²) in [5, 5.41) is 8.04. The molecule has 3 saturated heterocycles. The molecular weight excluding hydrogens is 862 g/mol. The molecule has 1 aromatic heterocycles. The molecule has 3 fully saturated rings. The number of benzene rings is 8. The van der Waals surface area contributed by atoms with Crippen molar-refractivity contribution in [1.82, 2.24) is 15.2 Å². The van der Waals surface area contributed by atoms with Crippen molar-refractivity contribution in [1.29, 1.82) is 0 Å². The maximum absolute atomic E-state index is 15.8. The van der Waals surface area contributed by atoms with Crippen LogP contribution in [0.3, 0.4) is 0 Å². The Morgan fingerprint density at radius 2 is 1.17 bits per heavy atom. The van der Waals surface area contributed by atoms with E-state index < -0.39 is 7.92 Å². The molecule has 0 spiro atoms. The lowest BCUT2D eigenvalue weighted by atomic mass is 9.73. The van der Waals surface area contributed by atoms with Gasteiger partial charge in [0.25, 0.3) is 5.91 Å². The van der Waals surface area contributed by atoms with Gasteiger partial charge in [0.2, 0.25) is 0 Å². The van der Waals surface area contributed by atoms with Crippen LogP contribution in [0.15, 0.2) is 225 Å². The maximum Gasteiger partial charge on any atom is 0.252 e. The van der Waals surface area contributed by atoms with Crippen molar-refractivity contribution in [2.75, 3.05) is 20.2 Å². The van der Waals surface area contributed by atoms with E-state index in [1.54, 1.807) is 7.11 Å². The molecule has 9 aromatic rings. The van der Waals surface area contributed by atoms with E-state index in [9.17, 15) is 0 Å². The quantitative estimate of drug-likeness (QED) is 0.0925. The Labute approximate surface area is 406 Å². The molecule has 2 bridgehead atoms. The number of rotatable bonds is 13. The molecule has 0 saturated carbocycles. The smallest absolute Gasteiger partial charge is 0.252 e. The summed E-state index contributed by atoms with van der Waals surface area (Å²) in [6, 6.07) is 72.9. The highest BCUT2D eigenvalue weighted by Gasteiger charge is 2.43. The van der Waals surface area contributed by atoms with Crippen LogP contribution in [0.5, 0.6) is 5.75 Å². The Kier molecular flexibility index (Phi) is 12.6. The third-order valence-electron chi connectivity index (χ3n) is 14.3. The van der Waals surface area contributed by atoms with E-state index in [1.807, 2.05) is 30.5 Å². The number of hydrogen-bond donors (Lipinski definition) is 1. The van der Waals surface area contributed by atoms with Gasteiger partial charge in [-0.25, -0.2) is 0 Å². The van der Waals surface area contributed by atoms with E-state index in [2.05, 4.69) is 205 Å². The molecule has 8 aromatic carbocycles. The van der Waals surface area contributed by atoms with Gasteiger partial charge in [0.05, 0.1) is 18.7 Å². The van der Waals surface area contributed by atoms with Crippen LogP contribution in [0.1, 0.15) is 34.8 Å². The summed E-state index contributed by atoms with van der Waals surface area (Å²) in [6.45, 7) is 6.15. The summed E-state index contributed by atoms with van der Waals surface area (Å²) in [5.74, 6) is 1.61. The molecule has 5 atom stereocenters. The molecule has 0 radical (unpaired) electrons. The molecule has 5 nitrogen and oxygen atoms in total. The van der Waals surface area contributed by atoms with Crippen LogP contribution >= 0.6 is 7.92 Å². The number of carbonyl (C=O) groups is 1. The van der Waals surface area contributed by atoms with Crippen molar-refractivity contribution >= 4 is 40.6 Å². The monoisotopic (exact) mass is 915 g/mol. The van der Waals surface area contributed by atoms with Crippen molar-refractivity contribution < 1.29 is 9.53 Å². The zero-order chi connectivity index (χ0) is 46.7. The number of nitrogens with one attached hydrogen (secondary N) is 1. The first-order valence-electron chi connectivity index (χ1n) is 24.0. The Balaban J connectivity index is 1.11. The van der Waals surface area contributed by atoms with Gasteiger partial charge in [-0.3, -0.25) is 14.7 Å². The Morgan fingerprint density at radius 3 is 1.67 bits per heavy atom. The zero-order valence-electron chi connectivity index (χ0n) is 38.8. The first-order valence-corrected chi connectivity index (χ1v) is 25.4. The van der Waals surface area contributed by atoms with Gasteiger partial charge >= 0.3 is 0 Å². The van der Waals surface area contributed by atoms with Crippen LogP contribution in [0, 0.1) is 11.8 Å². The molecule has 6 heteroatoms. The Hall–Kier alpha value is -7.43. The third-order valence-corrected chi connectivity index (χ3v) is 16.7. The first-order chi connectivity index (χ1) is 34.0. The molecule has 1 amide bonds. The topological polar surface area (TPSA) is 54.5 Å². The molecule has 4 heterocycles. The van der Waals surface area contributed by atoms with Crippen LogP contribution < -0.4 is 26.0 Å². The highest BCUT2D eigenvalue weighted by Crippen LogP contribution is 2.44. The van der Waals surface area contributed by atoms with Crippen LogP contribution in [0.25, 0.3) is 55.4 Å². The minimum atomic E-state index is -1.38. The molecule has 4 unspecified atom stereocenters. The Morgan fingerprint density at radius 1 is 0.652 bits per heavy atom. The summed E-state index contributed by atoms with van der Waals surface area (Å²) < 4.78 is 5.77. The van der Waals surface area contributed by atoms with Gasteiger partial charge in [-0.2, -0.15) is 0 Å². The molecule has 338 valence electrons. The van der Waals surface area contributed by atoms with Crippen molar-refractivity contribution in [3.8, 4) is 50.3 Å². The van der Waals surface area contributed by atoms with Gasteiger partial charge in [0.1, 0.15) is 5.75 Å². The Bertz CT molecular complexity index is 3030. The summed E-state index contributed by atoms with van der Waals surface area (Å²) in [4.78, 5) is 23.2. The second-order valence-corrected chi connectivity index (χ2v) is 20.5. The van der Waals surface area contributed by atoms with Gasteiger partial charge in [-0.05, 0) is 172 Å². The fourth-order valence-corrected chi connectivity index (χ4v) is 13.4.